The van der Waals surface area contributed by atoms with Gasteiger partial charge in [-0.3, -0.25) is 0 Å². The first-order valence-corrected chi connectivity index (χ1v) is 9.00. The zero-order valence-electron chi connectivity index (χ0n) is 12.8. The molecule has 0 spiro atoms. The second-order valence-corrected chi connectivity index (χ2v) is 7.34. The summed E-state index contributed by atoms with van der Waals surface area (Å²) >= 11 is 12.3. The summed E-state index contributed by atoms with van der Waals surface area (Å²) in [6, 6.07) is 4.83. The lowest BCUT2D eigenvalue weighted by atomic mass is 9.68. The van der Waals surface area contributed by atoms with Crippen LogP contribution in [0.15, 0.2) is 18.2 Å². The van der Waals surface area contributed by atoms with Crippen LogP contribution in [0.3, 0.4) is 0 Å². The number of alkyl halides is 1. The second kappa shape index (κ2) is 7.83. The van der Waals surface area contributed by atoms with Crippen LogP contribution in [0, 0.1) is 17.2 Å². The van der Waals surface area contributed by atoms with Crippen LogP contribution in [-0.4, -0.2) is 5.88 Å². The molecule has 1 aliphatic carbocycles. The lowest BCUT2D eigenvalue weighted by molar-refractivity contribution is 0.164. The van der Waals surface area contributed by atoms with E-state index >= 15 is 0 Å². The SMILES string of the molecule is CCCCC1CCC(CCl)(Cc2cc(Cl)ccc2F)CC1. The predicted octanol–water partition coefficient (Wildman–Crippen LogP) is 6.63. The average molecular weight is 331 g/mol. The molecule has 1 fully saturated rings. The Hall–Kier alpha value is -0.270. The van der Waals surface area contributed by atoms with Crippen LogP contribution in [0.4, 0.5) is 4.39 Å². The predicted molar refractivity (Wildman–Crippen MR) is 89.8 cm³/mol. The van der Waals surface area contributed by atoms with Crippen LogP contribution < -0.4 is 0 Å². The number of hydrogen-bond donors (Lipinski definition) is 0. The number of rotatable bonds is 6. The molecule has 0 nitrogen and oxygen atoms in total. The Balaban J connectivity index is 2.01. The summed E-state index contributed by atoms with van der Waals surface area (Å²) < 4.78 is 14.0. The third kappa shape index (κ3) is 4.60. The van der Waals surface area contributed by atoms with Gasteiger partial charge in [-0.15, -0.1) is 11.6 Å². The molecule has 2 rings (SSSR count). The zero-order chi connectivity index (χ0) is 15.3. The normalized spacial score (nSPS) is 26.0. The molecular weight excluding hydrogens is 306 g/mol. The van der Waals surface area contributed by atoms with Crippen molar-refractivity contribution in [3.05, 3.63) is 34.6 Å². The summed E-state index contributed by atoms with van der Waals surface area (Å²) in [5, 5.41) is 0.604. The molecule has 0 aromatic heterocycles. The van der Waals surface area contributed by atoms with E-state index in [9.17, 15) is 4.39 Å². The summed E-state index contributed by atoms with van der Waals surface area (Å²) in [6.45, 7) is 2.24. The average Bonchev–Trinajstić information content (AvgIpc) is 2.50. The molecule has 118 valence electrons. The van der Waals surface area contributed by atoms with Crippen LogP contribution in [-0.2, 0) is 6.42 Å². The summed E-state index contributed by atoms with van der Waals surface area (Å²) in [4.78, 5) is 0. The van der Waals surface area contributed by atoms with Crippen molar-refractivity contribution in [1.29, 1.82) is 0 Å². The smallest absolute Gasteiger partial charge is 0.126 e. The van der Waals surface area contributed by atoms with Gasteiger partial charge in [-0.05, 0) is 67.2 Å². The van der Waals surface area contributed by atoms with Crippen molar-refractivity contribution in [3.63, 3.8) is 0 Å². The monoisotopic (exact) mass is 330 g/mol. The maximum absolute atomic E-state index is 14.0. The molecule has 0 amide bonds. The molecule has 0 saturated heterocycles. The van der Waals surface area contributed by atoms with Gasteiger partial charge in [0.15, 0.2) is 0 Å². The van der Waals surface area contributed by atoms with Crippen molar-refractivity contribution in [3.8, 4) is 0 Å². The molecule has 21 heavy (non-hydrogen) atoms. The van der Waals surface area contributed by atoms with Crippen molar-refractivity contribution in [2.24, 2.45) is 11.3 Å². The van der Waals surface area contributed by atoms with Gasteiger partial charge in [0, 0.05) is 10.9 Å². The van der Waals surface area contributed by atoms with Crippen molar-refractivity contribution in [2.45, 2.75) is 58.3 Å². The largest absolute Gasteiger partial charge is 0.207 e. The Morgan fingerprint density at radius 3 is 2.62 bits per heavy atom. The minimum absolute atomic E-state index is 0.0514. The maximum Gasteiger partial charge on any atom is 0.126 e. The quantitative estimate of drug-likeness (QED) is 0.513. The van der Waals surface area contributed by atoms with E-state index in [-0.39, 0.29) is 11.2 Å². The first-order valence-electron chi connectivity index (χ1n) is 8.08. The number of unbranched alkanes of at least 4 members (excludes halogenated alkanes) is 1. The lowest BCUT2D eigenvalue weighted by Gasteiger charge is -2.39. The minimum atomic E-state index is -0.156. The van der Waals surface area contributed by atoms with Gasteiger partial charge in [-0.25, -0.2) is 4.39 Å². The highest BCUT2D eigenvalue weighted by Crippen LogP contribution is 2.44. The Morgan fingerprint density at radius 2 is 2.00 bits per heavy atom. The van der Waals surface area contributed by atoms with Gasteiger partial charge in [0.1, 0.15) is 5.82 Å². The molecule has 0 unspecified atom stereocenters. The molecular formula is C18H25Cl2F. The topological polar surface area (TPSA) is 0 Å². The number of halogens is 3. The molecule has 0 heterocycles. The fourth-order valence-corrected chi connectivity index (χ4v) is 4.07. The molecule has 3 heteroatoms. The lowest BCUT2D eigenvalue weighted by Crippen LogP contribution is -2.32. The van der Waals surface area contributed by atoms with Crippen LogP contribution in [0.5, 0.6) is 0 Å². The van der Waals surface area contributed by atoms with E-state index in [4.69, 9.17) is 23.2 Å². The fraction of sp³-hybridized carbons (Fsp3) is 0.667. The van der Waals surface area contributed by atoms with E-state index in [0.717, 1.165) is 24.3 Å². The van der Waals surface area contributed by atoms with Gasteiger partial charge >= 0.3 is 0 Å². The highest BCUT2D eigenvalue weighted by Gasteiger charge is 2.35. The fourth-order valence-electron chi connectivity index (χ4n) is 3.51. The van der Waals surface area contributed by atoms with Gasteiger partial charge in [-0.2, -0.15) is 0 Å². The van der Waals surface area contributed by atoms with Crippen molar-refractivity contribution in [1.82, 2.24) is 0 Å². The summed E-state index contributed by atoms with van der Waals surface area (Å²) in [5.41, 5.74) is 0.769. The molecule has 0 N–H and O–H groups in total. The van der Waals surface area contributed by atoms with Crippen molar-refractivity contribution >= 4 is 23.2 Å². The highest BCUT2D eigenvalue weighted by atomic mass is 35.5. The van der Waals surface area contributed by atoms with E-state index in [1.54, 1.807) is 12.1 Å². The van der Waals surface area contributed by atoms with Crippen LogP contribution in [0.1, 0.15) is 57.4 Å². The summed E-state index contributed by atoms with van der Waals surface area (Å²) in [7, 11) is 0. The first kappa shape index (κ1) is 17.1. The molecule has 0 atom stereocenters. The van der Waals surface area contributed by atoms with E-state index in [0.29, 0.717) is 17.3 Å². The van der Waals surface area contributed by atoms with Crippen molar-refractivity contribution in [2.75, 3.05) is 5.88 Å². The Labute approximate surface area is 138 Å². The molecule has 1 aliphatic rings. The van der Waals surface area contributed by atoms with Crippen molar-refractivity contribution < 1.29 is 4.39 Å². The summed E-state index contributed by atoms with van der Waals surface area (Å²) in [5.74, 6) is 1.29. The first-order chi connectivity index (χ1) is 10.1. The summed E-state index contributed by atoms with van der Waals surface area (Å²) in [6.07, 6.45) is 9.31. The molecule has 1 saturated carbocycles. The van der Waals surface area contributed by atoms with Crippen LogP contribution in [0.25, 0.3) is 0 Å². The van der Waals surface area contributed by atoms with Gasteiger partial charge in [0.2, 0.25) is 0 Å². The molecule has 0 bridgehead atoms. The highest BCUT2D eigenvalue weighted by molar-refractivity contribution is 6.30. The zero-order valence-corrected chi connectivity index (χ0v) is 14.3. The Kier molecular flexibility index (Phi) is 6.37. The van der Waals surface area contributed by atoms with E-state index in [1.165, 1.54) is 38.2 Å². The number of hydrogen-bond acceptors (Lipinski definition) is 0. The Bertz CT molecular complexity index is 451. The van der Waals surface area contributed by atoms with E-state index in [2.05, 4.69) is 6.92 Å². The van der Waals surface area contributed by atoms with Gasteiger partial charge < -0.3 is 0 Å². The Morgan fingerprint density at radius 1 is 1.29 bits per heavy atom. The van der Waals surface area contributed by atoms with Gasteiger partial charge in [0.25, 0.3) is 0 Å². The molecule has 1 aromatic carbocycles. The van der Waals surface area contributed by atoms with E-state index < -0.39 is 0 Å². The van der Waals surface area contributed by atoms with Crippen LogP contribution in [0.2, 0.25) is 5.02 Å². The molecule has 1 aromatic rings. The maximum atomic E-state index is 14.0. The standard InChI is InChI=1S/C18H25Cl2F/c1-2-3-4-14-7-9-18(13-19,10-8-14)12-15-11-16(20)5-6-17(15)21/h5-6,11,14H,2-4,7-10,12-13H2,1H3. The van der Waals surface area contributed by atoms with Gasteiger partial charge in [0.05, 0.1) is 0 Å². The van der Waals surface area contributed by atoms with Crippen LogP contribution >= 0.6 is 23.2 Å². The third-order valence-electron chi connectivity index (χ3n) is 4.99. The molecule has 0 radical (unpaired) electrons. The molecule has 0 aliphatic heterocycles. The number of benzene rings is 1. The van der Waals surface area contributed by atoms with Gasteiger partial charge in [-0.1, -0.05) is 37.8 Å². The van der Waals surface area contributed by atoms with E-state index in [1.807, 2.05) is 0 Å². The third-order valence-corrected chi connectivity index (χ3v) is 5.79. The minimum Gasteiger partial charge on any atom is -0.207 e. The second-order valence-electron chi connectivity index (χ2n) is 6.63.